The van der Waals surface area contributed by atoms with E-state index >= 15 is 0 Å². The van der Waals surface area contributed by atoms with Gasteiger partial charge < -0.3 is 42.4 Å². The molecule has 3 aromatic rings. The number of carboxylic acid groups (broad SMARTS) is 2. The Labute approximate surface area is 297 Å². The maximum Gasteiger partial charge on any atom is 0.490 e. The second-order valence-corrected chi connectivity index (χ2v) is 10.3. The van der Waals surface area contributed by atoms with Crippen LogP contribution in [0.1, 0.15) is 35.3 Å². The predicted octanol–water partition coefficient (Wildman–Crippen LogP) is 2.80. The van der Waals surface area contributed by atoms with Gasteiger partial charge in [-0.3, -0.25) is 29.2 Å². The molecule has 0 atom stereocenters. The molecule has 0 radical (unpaired) electrons. The first kappa shape index (κ1) is 46.8. The van der Waals surface area contributed by atoms with Crippen LogP contribution in [0.15, 0.2) is 53.5 Å². The fourth-order valence-electron chi connectivity index (χ4n) is 3.75. The minimum atomic E-state index is -5.08. The van der Waals surface area contributed by atoms with Crippen molar-refractivity contribution in [2.45, 2.75) is 45.8 Å². The van der Waals surface area contributed by atoms with Crippen LogP contribution in [0.25, 0.3) is 11.3 Å². The third kappa shape index (κ3) is 18.6. The number of nitrogens with zero attached hydrogens (tertiary/aromatic N) is 2. The second kappa shape index (κ2) is 23.3. The van der Waals surface area contributed by atoms with Gasteiger partial charge >= 0.3 is 18.8 Å². The van der Waals surface area contributed by atoms with Gasteiger partial charge in [-0.05, 0) is 37.6 Å². The van der Waals surface area contributed by atoms with Crippen LogP contribution in [0, 0.1) is 5.41 Å². The van der Waals surface area contributed by atoms with E-state index in [9.17, 15) is 40.7 Å². The van der Waals surface area contributed by atoms with Gasteiger partial charge in [0.15, 0.2) is 5.82 Å². The van der Waals surface area contributed by atoms with Crippen LogP contribution in [-0.4, -0.2) is 89.0 Å². The van der Waals surface area contributed by atoms with Gasteiger partial charge in [0.25, 0.3) is 17.9 Å². The molecule has 0 bridgehead atoms. The van der Waals surface area contributed by atoms with E-state index in [2.05, 4.69) is 20.9 Å². The molecule has 3 rings (SSSR count). The number of carbonyl (C=O) groups is 4. The van der Waals surface area contributed by atoms with Crippen LogP contribution in [0.3, 0.4) is 0 Å². The first-order valence-corrected chi connectivity index (χ1v) is 14.7. The maximum absolute atomic E-state index is 13.4. The Morgan fingerprint density at radius 2 is 1.60 bits per heavy atom. The van der Waals surface area contributed by atoms with Crippen LogP contribution in [0.5, 0.6) is 0 Å². The summed E-state index contributed by atoms with van der Waals surface area (Å²) in [6, 6.07) is 11.6. The fourth-order valence-corrected chi connectivity index (χ4v) is 3.75. The number of rotatable bonds is 12. The van der Waals surface area contributed by atoms with Gasteiger partial charge in [0.05, 0.1) is 18.5 Å². The quantitative estimate of drug-likeness (QED) is 0.0331. The molecule has 0 aliphatic heterocycles. The molecular formula is C31H38F6N8O8. The third-order valence-corrected chi connectivity index (χ3v) is 5.88. The molecule has 0 unspecified atom stereocenters. The van der Waals surface area contributed by atoms with Gasteiger partial charge in [-0.1, -0.05) is 24.3 Å². The molecule has 0 aliphatic rings. The number of nitrogens with two attached hydrogens (primary N) is 2. The van der Waals surface area contributed by atoms with Crippen LogP contribution in [0.2, 0.25) is 0 Å². The van der Waals surface area contributed by atoms with E-state index in [4.69, 9.17) is 41.4 Å². The van der Waals surface area contributed by atoms with E-state index < -0.39 is 30.3 Å². The summed E-state index contributed by atoms with van der Waals surface area (Å²) < 4.78 is 67.0. The fraction of sp³-hybridized carbons (Fsp3) is 0.323. The lowest BCUT2D eigenvalue weighted by atomic mass is 10.1. The number of ether oxygens (including phenoxy) is 1. The molecule has 53 heavy (non-hydrogen) atoms. The van der Waals surface area contributed by atoms with Crippen molar-refractivity contribution < 1.29 is 60.5 Å². The lowest BCUT2D eigenvalue weighted by Crippen LogP contribution is -2.35. The number of alkyl halides is 6. The highest BCUT2D eigenvalue weighted by Gasteiger charge is 2.38. The number of methoxy groups -OCH3 is 1. The molecule has 0 aliphatic carbocycles. The number of hydrogen-bond acceptors (Lipinski definition) is 10. The first-order valence-electron chi connectivity index (χ1n) is 14.7. The highest BCUT2D eigenvalue weighted by atomic mass is 19.4. The zero-order chi connectivity index (χ0) is 40.9. The van der Waals surface area contributed by atoms with Gasteiger partial charge in [-0.15, -0.1) is 0 Å². The summed E-state index contributed by atoms with van der Waals surface area (Å²) >= 11 is 0. The Balaban J connectivity index is 0.00000164. The number of nitrogens with one attached hydrogen (secondary N) is 4. The molecule has 10 N–H and O–H groups in total. The molecule has 2 aromatic carbocycles. The largest absolute Gasteiger partial charge is 0.490 e. The van der Waals surface area contributed by atoms with Crippen LogP contribution >= 0.6 is 0 Å². The molecule has 2 amide bonds. The van der Waals surface area contributed by atoms with Crippen molar-refractivity contribution in [3.63, 3.8) is 0 Å². The van der Waals surface area contributed by atoms with E-state index in [1.165, 1.54) is 23.9 Å². The Morgan fingerprint density at radius 1 is 1.06 bits per heavy atom. The molecule has 0 fully saturated rings. The average Bonchev–Trinajstić information content (AvgIpc) is 3.05. The smallest absolute Gasteiger partial charge is 0.483 e. The number of halogens is 6. The molecule has 1 heterocycles. The predicted molar refractivity (Wildman–Crippen MR) is 180 cm³/mol. The van der Waals surface area contributed by atoms with Gasteiger partial charge in [-0.2, -0.15) is 26.3 Å². The number of hydrogen-bond donors (Lipinski definition) is 8. The van der Waals surface area contributed by atoms with Crippen LogP contribution < -0.4 is 33.0 Å². The van der Waals surface area contributed by atoms with E-state index in [0.29, 0.717) is 41.2 Å². The monoisotopic (exact) mass is 764 g/mol. The summed E-state index contributed by atoms with van der Waals surface area (Å²) in [6.07, 6.45) is -3.61. The SMILES string of the molecule is COCCNC(=O)c1cc(N)cc(-c2cnc(NC(C)C)c(=O)n2CC(=O)NCc2ccc(C(=N)N)cc2)c1.FC(F)F.O=C(O)C(F)(F)F.O=CO. The standard InChI is InChI=1S/C27H34N8O4.C2HF3O2.CHF3.CH2O2/c1-16(2)34-25-27(38)35(15-23(36)32-13-17-4-6-18(7-5-17)24(29)30)22(14-33-25)19-10-20(12-21(28)11-19)26(37)31-8-9-39-3;3-2(4,5)1(6)7;2-1(3)4;2-1-3/h4-7,10-12,14,16H,8-9,13,15,28H2,1-3H3,(H3,29,30)(H,31,37)(H,32,36)(H,33,34);(H,6,7);1H;1H,(H,2,3). The van der Waals surface area contributed by atoms with E-state index in [-0.39, 0.29) is 43.2 Å². The van der Waals surface area contributed by atoms with Crippen molar-refractivity contribution in [3.8, 4) is 11.3 Å². The lowest BCUT2D eigenvalue weighted by Gasteiger charge is -2.17. The minimum absolute atomic E-state index is 0.0434. The average molecular weight is 765 g/mol. The Bertz CT molecular complexity index is 1720. The third-order valence-electron chi connectivity index (χ3n) is 5.88. The van der Waals surface area contributed by atoms with Gasteiger partial charge in [0.2, 0.25) is 5.91 Å². The summed E-state index contributed by atoms with van der Waals surface area (Å²) in [5, 5.41) is 30.1. The summed E-state index contributed by atoms with van der Waals surface area (Å²) in [5.41, 5.74) is 13.9. The number of amidine groups is 1. The van der Waals surface area contributed by atoms with Crippen LogP contribution in [0.4, 0.5) is 37.8 Å². The topological polar surface area (TPSA) is 265 Å². The second-order valence-electron chi connectivity index (χ2n) is 10.3. The van der Waals surface area contributed by atoms with E-state index in [0.717, 1.165) is 5.56 Å². The molecule has 0 saturated heterocycles. The molecule has 0 saturated carbocycles. The number of nitrogen functional groups attached to an aromatic ring is 2. The Kier molecular flexibility index (Phi) is 20.6. The van der Waals surface area contributed by atoms with Gasteiger partial charge in [0.1, 0.15) is 12.4 Å². The first-order chi connectivity index (χ1) is 24.7. The van der Waals surface area contributed by atoms with Crippen molar-refractivity contribution in [3.05, 3.63) is 75.7 Å². The summed E-state index contributed by atoms with van der Waals surface area (Å²) in [4.78, 5) is 60.5. The molecule has 22 heteroatoms. The summed E-state index contributed by atoms with van der Waals surface area (Å²) in [5.74, 6) is -3.46. The van der Waals surface area contributed by atoms with Crippen molar-refractivity contribution in [2.75, 3.05) is 31.3 Å². The molecule has 292 valence electrons. The molecule has 0 spiro atoms. The number of carbonyl (C=O) groups excluding carboxylic acids is 2. The summed E-state index contributed by atoms with van der Waals surface area (Å²) in [7, 11) is 1.54. The number of amides is 2. The zero-order valence-electron chi connectivity index (χ0n) is 28.3. The van der Waals surface area contributed by atoms with E-state index in [1.54, 1.807) is 36.4 Å². The number of carboxylic acids is 1. The van der Waals surface area contributed by atoms with Crippen LogP contribution in [-0.2, 0) is 32.2 Å². The maximum atomic E-state index is 13.4. The molecule has 16 nitrogen and oxygen atoms in total. The number of anilines is 2. The minimum Gasteiger partial charge on any atom is -0.483 e. The molecular weight excluding hydrogens is 726 g/mol. The number of aliphatic carboxylic acids is 1. The zero-order valence-corrected chi connectivity index (χ0v) is 28.3. The van der Waals surface area contributed by atoms with Crippen molar-refractivity contribution in [1.29, 1.82) is 5.41 Å². The normalized spacial score (nSPS) is 10.3. The molecule has 1 aromatic heterocycles. The van der Waals surface area contributed by atoms with Gasteiger partial charge in [0, 0.05) is 48.6 Å². The van der Waals surface area contributed by atoms with Crippen molar-refractivity contribution in [2.24, 2.45) is 5.73 Å². The van der Waals surface area contributed by atoms with Crippen molar-refractivity contribution in [1.82, 2.24) is 20.2 Å². The van der Waals surface area contributed by atoms with E-state index in [1.807, 2.05) is 13.8 Å². The van der Waals surface area contributed by atoms with Crippen molar-refractivity contribution >= 4 is 41.6 Å². The number of aromatic nitrogens is 2. The van der Waals surface area contributed by atoms with Gasteiger partial charge in [-0.25, -0.2) is 9.78 Å². The highest BCUT2D eigenvalue weighted by Crippen LogP contribution is 2.23. The Morgan fingerprint density at radius 3 is 2.08 bits per heavy atom. The lowest BCUT2D eigenvalue weighted by molar-refractivity contribution is -0.192. The number of benzene rings is 2. The Hall–Kier alpha value is -6.19. The summed E-state index contributed by atoms with van der Waals surface area (Å²) in [6.45, 7) is 0.418. The highest BCUT2D eigenvalue weighted by molar-refractivity contribution is 5.96.